The zero-order valence-corrected chi connectivity index (χ0v) is 20.7. The van der Waals surface area contributed by atoms with E-state index in [1.165, 1.54) is 64.2 Å². The summed E-state index contributed by atoms with van der Waals surface area (Å²) in [6.07, 6.45) is 19.2. The van der Waals surface area contributed by atoms with Gasteiger partial charge in [-0.25, -0.2) is 0 Å². The van der Waals surface area contributed by atoms with Crippen molar-refractivity contribution in [1.29, 1.82) is 0 Å². The first kappa shape index (κ1) is 24.0. The molecule has 4 rings (SSSR count). The molecule has 0 radical (unpaired) electrons. The van der Waals surface area contributed by atoms with Crippen molar-refractivity contribution in [3.05, 3.63) is 12.2 Å². The molecular weight excluding hydrogens is 336 g/mol. The monoisotopic (exact) mass is 388 g/mol. The Morgan fingerprint density at radius 3 is 1.18 bits per heavy atom. The summed E-state index contributed by atoms with van der Waals surface area (Å²) in [5.41, 5.74) is 1.13. The van der Waals surface area contributed by atoms with E-state index in [1.54, 1.807) is 0 Å². The van der Waals surface area contributed by atoms with E-state index >= 15 is 0 Å². The molecule has 0 aromatic rings. The molecule has 4 bridgehead atoms. The smallest absolute Gasteiger partial charge is 0.0194 e. The van der Waals surface area contributed by atoms with Gasteiger partial charge >= 0.3 is 0 Å². The molecule has 164 valence electrons. The minimum Gasteiger partial charge on any atom is -0.0848 e. The van der Waals surface area contributed by atoms with Crippen molar-refractivity contribution in [3.63, 3.8) is 0 Å². The fourth-order valence-corrected chi connectivity index (χ4v) is 7.13. The highest BCUT2D eigenvalue weighted by molar-refractivity contribution is 5.25. The van der Waals surface area contributed by atoms with Crippen LogP contribution in [-0.2, 0) is 0 Å². The van der Waals surface area contributed by atoms with E-state index < -0.39 is 0 Å². The lowest BCUT2D eigenvalue weighted by Crippen LogP contribution is -2.47. The van der Waals surface area contributed by atoms with Crippen LogP contribution in [0.3, 0.4) is 0 Å². The molecule has 0 saturated heterocycles. The van der Waals surface area contributed by atoms with Crippen LogP contribution in [0.25, 0.3) is 0 Å². The topological polar surface area (TPSA) is 0 Å². The van der Waals surface area contributed by atoms with Gasteiger partial charge in [-0.05, 0) is 59.2 Å². The minimum atomic E-state index is 0.567. The highest BCUT2D eigenvalue weighted by Crippen LogP contribution is 2.75. The summed E-state index contributed by atoms with van der Waals surface area (Å²) >= 11 is 0. The van der Waals surface area contributed by atoms with Crippen molar-refractivity contribution in [2.45, 2.75) is 120 Å². The number of fused-ring (bicyclic) bond motifs is 9. The summed E-state index contributed by atoms with van der Waals surface area (Å²) in [5, 5.41) is 0. The van der Waals surface area contributed by atoms with Gasteiger partial charge in [0.15, 0.2) is 0 Å². The quantitative estimate of drug-likeness (QED) is 0.241. The van der Waals surface area contributed by atoms with Crippen LogP contribution < -0.4 is 0 Å². The summed E-state index contributed by atoms with van der Waals surface area (Å²) in [6, 6.07) is 0. The molecule has 3 saturated carbocycles. The third kappa shape index (κ3) is 4.41. The van der Waals surface area contributed by atoms with Crippen LogP contribution in [0.4, 0.5) is 0 Å². The highest BCUT2D eigenvalue weighted by atomic mass is 14.7. The maximum absolute atomic E-state index is 2.55. The lowest BCUT2D eigenvalue weighted by molar-refractivity contribution is -0.0349. The number of unbranched alkanes of at least 4 members (excludes halogenated alkanes) is 6. The van der Waals surface area contributed by atoms with Crippen molar-refractivity contribution in [1.82, 2.24) is 0 Å². The Bertz CT molecular complexity index is 432. The zero-order chi connectivity index (χ0) is 20.9. The van der Waals surface area contributed by atoms with Gasteiger partial charge in [0.05, 0.1) is 0 Å². The summed E-state index contributed by atoms with van der Waals surface area (Å²) in [6.45, 7) is 19.1. The van der Waals surface area contributed by atoms with Gasteiger partial charge in [0.25, 0.3) is 0 Å². The predicted octanol–water partition coefficient (Wildman–Crippen LogP) is 9.30. The Kier molecular flexibility index (Phi) is 8.72. The van der Waals surface area contributed by atoms with Crippen molar-refractivity contribution >= 4 is 0 Å². The number of hydrogen-bond donors (Lipinski definition) is 0. The first-order valence-corrected chi connectivity index (χ1v) is 13.0. The van der Waals surface area contributed by atoms with E-state index in [2.05, 4.69) is 67.5 Å². The summed E-state index contributed by atoms with van der Waals surface area (Å²) < 4.78 is 0. The molecule has 3 fully saturated rings. The standard InChI is InChI=1S/C16H24.2C6H14/c1-15(2)11-8-12(16(15,3)4)14-10-6-5-9(7-10)13(11)14;2*1-3-5-6-4-2/h5-6,9-14H,7-8H2,1-4H3;2*3-6H2,1-2H3. The lowest BCUT2D eigenvalue weighted by Gasteiger charge is -2.52. The Labute approximate surface area is 178 Å². The van der Waals surface area contributed by atoms with E-state index in [1.807, 2.05) is 0 Å². The maximum Gasteiger partial charge on any atom is -0.0194 e. The van der Waals surface area contributed by atoms with Gasteiger partial charge in [0.1, 0.15) is 0 Å². The summed E-state index contributed by atoms with van der Waals surface area (Å²) in [5.74, 6) is 6.06. The Hall–Kier alpha value is -0.260. The van der Waals surface area contributed by atoms with E-state index in [0.717, 1.165) is 35.5 Å². The van der Waals surface area contributed by atoms with Crippen LogP contribution in [0.1, 0.15) is 120 Å². The molecule has 0 heterocycles. The van der Waals surface area contributed by atoms with Crippen molar-refractivity contribution in [2.24, 2.45) is 46.3 Å². The normalized spacial score (nSPS) is 37.1. The van der Waals surface area contributed by atoms with Crippen molar-refractivity contribution < 1.29 is 0 Å². The third-order valence-corrected chi connectivity index (χ3v) is 9.45. The average Bonchev–Trinajstić information content (AvgIpc) is 3.39. The van der Waals surface area contributed by atoms with Gasteiger partial charge in [-0.1, -0.05) is 119 Å². The Morgan fingerprint density at radius 1 is 0.571 bits per heavy atom. The molecule has 0 heteroatoms. The fourth-order valence-electron chi connectivity index (χ4n) is 7.13. The van der Waals surface area contributed by atoms with E-state index in [4.69, 9.17) is 0 Å². The molecule has 4 aliphatic carbocycles. The molecule has 0 aliphatic heterocycles. The van der Waals surface area contributed by atoms with Crippen LogP contribution in [0.2, 0.25) is 0 Å². The average molecular weight is 389 g/mol. The molecule has 0 nitrogen and oxygen atoms in total. The second-order valence-corrected chi connectivity index (χ2v) is 11.4. The third-order valence-electron chi connectivity index (χ3n) is 9.45. The maximum atomic E-state index is 2.55. The van der Waals surface area contributed by atoms with Crippen LogP contribution in [0.15, 0.2) is 12.2 Å². The van der Waals surface area contributed by atoms with Gasteiger partial charge in [0.2, 0.25) is 0 Å². The predicted molar refractivity (Wildman–Crippen MR) is 127 cm³/mol. The van der Waals surface area contributed by atoms with Gasteiger partial charge in [-0.15, -0.1) is 0 Å². The van der Waals surface area contributed by atoms with Crippen LogP contribution in [0, 0.1) is 46.3 Å². The second-order valence-electron chi connectivity index (χ2n) is 11.4. The largest absolute Gasteiger partial charge is 0.0848 e. The van der Waals surface area contributed by atoms with Crippen LogP contribution >= 0.6 is 0 Å². The molecule has 28 heavy (non-hydrogen) atoms. The van der Waals surface area contributed by atoms with Gasteiger partial charge in [-0.3, -0.25) is 0 Å². The van der Waals surface area contributed by atoms with Gasteiger partial charge in [-0.2, -0.15) is 0 Å². The number of rotatable bonds is 6. The Morgan fingerprint density at radius 2 is 0.893 bits per heavy atom. The van der Waals surface area contributed by atoms with Gasteiger partial charge < -0.3 is 0 Å². The molecule has 0 aromatic carbocycles. The van der Waals surface area contributed by atoms with E-state index in [-0.39, 0.29) is 0 Å². The summed E-state index contributed by atoms with van der Waals surface area (Å²) in [7, 11) is 0. The molecule has 4 aliphatic rings. The molecule has 0 amide bonds. The van der Waals surface area contributed by atoms with Crippen LogP contribution in [0.5, 0.6) is 0 Å². The van der Waals surface area contributed by atoms with E-state index in [0.29, 0.717) is 10.8 Å². The second kappa shape index (κ2) is 10.2. The lowest BCUT2D eigenvalue weighted by atomic mass is 9.52. The first-order chi connectivity index (χ1) is 13.3. The number of allylic oxidation sites excluding steroid dienone is 2. The van der Waals surface area contributed by atoms with Gasteiger partial charge in [0, 0.05) is 0 Å². The van der Waals surface area contributed by atoms with Crippen LogP contribution in [-0.4, -0.2) is 0 Å². The zero-order valence-electron chi connectivity index (χ0n) is 20.7. The summed E-state index contributed by atoms with van der Waals surface area (Å²) in [4.78, 5) is 0. The molecular formula is C28H52. The van der Waals surface area contributed by atoms with Crippen molar-refractivity contribution in [2.75, 3.05) is 0 Å². The van der Waals surface area contributed by atoms with Crippen molar-refractivity contribution in [3.8, 4) is 0 Å². The first-order valence-electron chi connectivity index (χ1n) is 13.0. The SMILES string of the molecule is CC1(C)C2CC(C3C4C=CC(C4)C32)C1(C)C.CCCCCC.CCCCCC. The molecule has 6 atom stereocenters. The Balaban J connectivity index is 0.000000197. The fraction of sp³-hybridized carbons (Fsp3) is 0.929. The molecule has 0 spiro atoms. The minimum absolute atomic E-state index is 0.567. The molecule has 0 aromatic heterocycles. The highest BCUT2D eigenvalue weighted by Gasteiger charge is 2.69. The van der Waals surface area contributed by atoms with E-state index in [9.17, 15) is 0 Å². The number of hydrogen-bond acceptors (Lipinski definition) is 0. The molecule has 6 unspecified atom stereocenters. The molecule has 0 N–H and O–H groups in total.